The van der Waals surface area contributed by atoms with Crippen LogP contribution in [0.5, 0.6) is 0 Å². The molecule has 1 aliphatic carbocycles. The van der Waals surface area contributed by atoms with Gasteiger partial charge >= 0.3 is 0 Å². The number of nitrogens with zero attached hydrogens (tertiary/aromatic N) is 1. The number of aliphatic hydroxyl groups excluding tert-OH is 1. The Morgan fingerprint density at radius 3 is 2.85 bits per heavy atom. The third-order valence-electron chi connectivity index (χ3n) is 4.80. The number of hydrogen-bond acceptors (Lipinski definition) is 5. The summed E-state index contributed by atoms with van der Waals surface area (Å²) in [6, 6.07) is 3.15. The van der Waals surface area contributed by atoms with Crippen molar-refractivity contribution in [3.8, 4) is 11.1 Å². The van der Waals surface area contributed by atoms with Gasteiger partial charge in [-0.1, -0.05) is 0 Å². The maximum atomic E-state index is 14.8. The van der Waals surface area contributed by atoms with Crippen LogP contribution in [0, 0.1) is 18.7 Å². The Morgan fingerprint density at radius 1 is 1.52 bits per heavy atom. The Hall–Kier alpha value is -1.61. The molecular weight excluding hydrogens is 369 g/mol. The smallest absolute Gasteiger partial charge is 0.271 e. The van der Waals surface area contributed by atoms with E-state index in [9.17, 15) is 14.3 Å². The molecule has 8 heteroatoms. The number of aliphatic hydroxyl groups is 1. The van der Waals surface area contributed by atoms with Gasteiger partial charge in [0.1, 0.15) is 5.82 Å². The van der Waals surface area contributed by atoms with Crippen molar-refractivity contribution in [2.24, 2.45) is 11.7 Å². The van der Waals surface area contributed by atoms with Gasteiger partial charge in [-0.2, -0.15) is 12.6 Å². The fourth-order valence-electron chi connectivity index (χ4n) is 3.19. The quantitative estimate of drug-likeness (QED) is 0.408. The topological polar surface area (TPSA) is 93.3 Å². The first-order valence-corrected chi connectivity index (χ1v) is 9.57. The highest BCUT2D eigenvalue weighted by Gasteiger charge is 2.31. The van der Waals surface area contributed by atoms with E-state index in [1.807, 2.05) is 0 Å². The minimum Gasteiger partial charge on any atom is -0.368 e. The van der Waals surface area contributed by atoms with Crippen LogP contribution >= 0.6 is 12.6 Å². The van der Waals surface area contributed by atoms with Crippen molar-refractivity contribution in [3.63, 3.8) is 0 Å². The fourth-order valence-corrected chi connectivity index (χ4v) is 3.51. The Balaban J connectivity index is 1.96. The predicted octanol–water partition coefficient (Wildman–Crippen LogP) is 2.49. The zero-order valence-electron chi connectivity index (χ0n) is 15.5. The van der Waals surface area contributed by atoms with Crippen LogP contribution in [0.2, 0.25) is 0 Å². The minimum absolute atomic E-state index is 0.0944. The molecule has 3 rings (SSSR count). The average Bonchev–Trinajstić information content (AvgIpc) is 3.30. The molecule has 1 heterocycles. The second-order valence-electron chi connectivity index (χ2n) is 7.27. The molecule has 0 aliphatic heterocycles. The molecule has 0 bridgehead atoms. The summed E-state index contributed by atoms with van der Waals surface area (Å²) in [7, 11) is 0. The van der Waals surface area contributed by atoms with Crippen molar-refractivity contribution in [2.45, 2.75) is 50.8 Å². The number of H-pyrrole nitrogens is 1. The van der Waals surface area contributed by atoms with Crippen LogP contribution in [0.15, 0.2) is 23.1 Å². The molecule has 0 radical (unpaired) electrons. The largest absolute Gasteiger partial charge is 0.368 e. The summed E-state index contributed by atoms with van der Waals surface area (Å²) in [4.78, 5) is 10.9. The van der Waals surface area contributed by atoms with Crippen LogP contribution in [0.4, 0.5) is 4.39 Å². The first-order valence-electron chi connectivity index (χ1n) is 9.12. The Bertz CT molecular complexity index is 874. The number of aryl methyl sites for hydroxylation is 1. The lowest BCUT2D eigenvalue weighted by molar-refractivity contribution is -0.104. The van der Waals surface area contributed by atoms with E-state index in [-0.39, 0.29) is 17.5 Å². The predicted molar refractivity (Wildman–Crippen MR) is 105 cm³/mol. The van der Waals surface area contributed by atoms with E-state index in [0.717, 1.165) is 6.54 Å². The number of benzene rings is 1. The van der Waals surface area contributed by atoms with Gasteiger partial charge in [0.15, 0.2) is 6.29 Å². The number of rotatable bonds is 8. The van der Waals surface area contributed by atoms with E-state index < -0.39 is 17.0 Å². The number of aromatic amines is 1. The zero-order valence-corrected chi connectivity index (χ0v) is 16.4. The molecule has 4 N–H and O–H groups in total. The molecule has 0 saturated heterocycles. The minimum atomic E-state index is -1.46. The molecular formula is C19H26FN3O3S. The molecule has 1 fully saturated rings. The van der Waals surface area contributed by atoms with E-state index >= 15 is 0 Å². The summed E-state index contributed by atoms with van der Waals surface area (Å²) >= 11 is 4.38. The van der Waals surface area contributed by atoms with Crippen LogP contribution in [-0.2, 0) is 16.2 Å². The molecule has 0 spiro atoms. The standard InChI is InChI=1S/C19H26FN3O3S/c1-3-26-16(24)8-19(21,27)15-7-13(6-11(2)17(15)20)14-10-23(22-18(14)25)9-12-4-5-12/h6-7,10,12,16,24,27H,3-5,8-9,21H2,1-2H3,(H,22,25). The summed E-state index contributed by atoms with van der Waals surface area (Å²) in [6.07, 6.45) is 2.84. The van der Waals surface area contributed by atoms with Gasteiger partial charge in [-0.05, 0) is 55.9 Å². The highest BCUT2D eigenvalue weighted by Crippen LogP contribution is 2.35. The monoisotopic (exact) mass is 395 g/mol. The Morgan fingerprint density at radius 2 is 2.22 bits per heavy atom. The maximum Gasteiger partial charge on any atom is 0.271 e. The fraction of sp³-hybridized carbons (Fsp3) is 0.526. The molecule has 0 amide bonds. The van der Waals surface area contributed by atoms with Gasteiger partial charge in [0.25, 0.3) is 5.56 Å². The van der Waals surface area contributed by atoms with Gasteiger partial charge in [0, 0.05) is 31.3 Å². The van der Waals surface area contributed by atoms with Crippen molar-refractivity contribution < 1.29 is 14.2 Å². The van der Waals surface area contributed by atoms with Gasteiger partial charge in [-0.15, -0.1) is 0 Å². The van der Waals surface area contributed by atoms with Crippen molar-refractivity contribution >= 4 is 12.6 Å². The molecule has 6 nitrogen and oxygen atoms in total. The molecule has 1 saturated carbocycles. The number of halogens is 1. The van der Waals surface area contributed by atoms with Gasteiger partial charge in [-0.3, -0.25) is 14.6 Å². The van der Waals surface area contributed by atoms with Gasteiger partial charge in [0.2, 0.25) is 0 Å². The number of hydrogen-bond donors (Lipinski definition) is 4. The van der Waals surface area contributed by atoms with Crippen molar-refractivity contribution in [3.05, 3.63) is 45.6 Å². The van der Waals surface area contributed by atoms with Crippen LogP contribution in [-0.4, -0.2) is 27.8 Å². The zero-order chi connectivity index (χ0) is 19.8. The molecule has 2 atom stereocenters. The van der Waals surface area contributed by atoms with Crippen LogP contribution in [0.1, 0.15) is 37.3 Å². The Kier molecular flexibility index (Phi) is 5.81. The number of aromatic nitrogens is 2. The number of thiol groups is 1. The van der Waals surface area contributed by atoms with E-state index in [1.54, 1.807) is 30.8 Å². The second-order valence-corrected chi connectivity index (χ2v) is 8.07. The van der Waals surface area contributed by atoms with Crippen molar-refractivity contribution in [1.29, 1.82) is 0 Å². The normalized spacial score (nSPS) is 17.7. The van der Waals surface area contributed by atoms with Gasteiger partial charge < -0.3 is 15.6 Å². The summed E-state index contributed by atoms with van der Waals surface area (Å²) in [6.45, 7) is 4.43. The first-order chi connectivity index (χ1) is 12.7. The lowest BCUT2D eigenvalue weighted by atomic mass is 9.95. The van der Waals surface area contributed by atoms with Gasteiger partial charge in [0.05, 0.1) is 10.4 Å². The van der Waals surface area contributed by atoms with Crippen molar-refractivity contribution in [1.82, 2.24) is 9.78 Å². The number of ether oxygens (including phenoxy) is 1. The molecule has 2 aromatic rings. The Labute approximate surface area is 162 Å². The van der Waals surface area contributed by atoms with Crippen LogP contribution in [0.3, 0.4) is 0 Å². The van der Waals surface area contributed by atoms with Crippen LogP contribution in [0.25, 0.3) is 11.1 Å². The highest BCUT2D eigenvalue weighted by molar-refractivity contribution is 7.81. The molecule has 1 aliphatic rings. The molecule has 2 unspecified atom stereocenters. The number of nitrogens with two attached hydrogens (primary N) is 1. The van der Waals surface area contributed by atoms with Crippen molar-refractivity contribution in [2.75, 3.05) is 6.61 Å². The number of nitrogens with one attached hydrogen (secondary N) is 1. The average molecular weight is 396 g/mol. The summed E-state index contributed by atoms with van der Waals surface area (Å²) in [5.41, 5.74) is 7.45. The van der Waals surface area contributed by atoms with Gasteiger partial charge in [-0.25, -0.2) is 4.39 Å². The summed E-state index contributed by atoms with van der Waals surface area (Å²) in [5.74, 6) is 0.106. The van der Waals surface area contributed by atoms with E-state index in [1.165, 1.54) is 18.9 Å². The molecule has 1 aromatic carbocycles. The maximum absolute atomic E-state index is 14.8. The third kappa shape index (κ3) is 4.63. The van der Waals surface area contributed by atoms with Crippen LogP contribution < -0.4 is 11.3 Å². The molecule has 1 aromatic heterocycles. The summed E-state index contributed by atoms with van der Waals surface area (Å²) in [5, 5.41) is 12.7. The highest BCUT2D eigenvalue weighted by atomic mass is 32.1. The lowest BCUT2D eigenvalue weighted by Crippen LogP contribution is -2.36. The molecule has 27 heavy (non-hydrogen) atoms. The lowest BCUT2D eigenvalue weighted by Gasteiger charge is -2.28. The van der Waals surface area contributed by atoms with E-state index in [0.29, 0.717) is 29.2 Å². The first kappa shape index (κ1) is 20.1. The van der Waals surface area contributed by atoms with E-state index in [2.05, 4.69) is 17.7 Å². The second kappa shape index (κ2) is 7.79. The molecule has 148 valence electrons. The van der Waals surface area contributed by atoms with E-state index in [4.69, 9.17) is 10.5 Å². The summed E-state index contributed by atoms with van der Waals surface area (Å²) < 4.78 is 21.6. The third-order valence-corrected chi connectivity index (χ3v) is 5.23. The SMILES string of the molecule is CCOC(O)CC(N)(S)c1cc(-c2cn(CC3CC3)[nH]c2=O)cc(C)c1F.